The number of aliphatic hydroxyl groups excluding tert-OH is 3. The van der Waals surface area contributed by atoms with Crippen molar-refractivity contribution >= 4 is 0 Å². The van der Waals surface area contributed by atoms with Gasteiger partial charge in [0.15, 0.2) is 6.29 Å². The number of aliphatic hydroxyl groups is 3. The Morgan fingerprint density at radius 2 is 1.74 bits per heavy atom. The number of rotatable bonds is 4. The first kappa shape index (κ1) is 16.8. The highest BCUT2D eigenvalue weighted by atomic mass is 16.7. The Kier molecular flexibility index (Phi) is 5.73. The standard InChI is InChI=1S/C13H26O6/c1-7(2)17-12-10(16)9(15)11(8(6-14)18-12)19-13(3,4)5/h7-12,14-16H,6H2,1-5H3. The molecule has 0 amide bonds. The van der Waals surface area contributed by atoms with Gasteiger partial charge in [0.05, 0.1) is 18.3 Å². The van der Waals surface area contributed by atoms with Gasteiger partial charge in [-0.1, -0.05) is 0 Å². The molecule has 114 valence electrons. The molecule has 1 heterocycles. The average molecular weight is 278 g/mol. The lowest BCUT2D eigenvalue weighted by Gasteiger charge is -2.44. The van der Waals surface area contributed by atoms with Crippen molar-refractivity contribution in [2.24, 2.45) is 0 Å². The zero-order chi connectivity index (χ0) is 14.8. The molecule has 1 fully saturated rings. The summed E-state index contributed by atoms with van der Waals surface area (Å²) in [5.41, 5.74) is -0.520. The van der Waals surface area contributed by atoms with Gasteiger partial charge in [-0.3, -0.25) is 0 Å². The first-order valence-electron chi connectivity index (χ1n) is 6.61. The molecule has 5 atom stereocenters. The van der Waals surface area contributed by atoms with E-state index in [0.29, 0.717) is 0 Å². The molecule has 0 radical (unpaired) electrons. The van der Waals surface area contributed by atoms with Crippen LogP contribution in [-0.2, 0) is 14.2 Å². The molecule has 0 aromatic heterocycles. The molecule has 6 nitrogen and oxygen atoms in total. The van der Waals surface area contributed by atoms with E-state index in [-0.39, 0.29) is 12.7 Å². The average Bonchev–Trinajstić information content (AvgIpc) is 2.26. The molecule has 0 spiro atoms. The summed E-state index contributed by atoms with van der Waals surface area (Å²) in [6, 6.07) is 0. The molecule has 0 saturated carbocycles. The van der Waals surface area contributed by atoms with E-state index in [4.69, 9.17) is 14.2 Å². The molecule has 5 unspecified atom stereocenters. The molecule has 1 rings (SSSR count). The predicted octanol–water partition coefficient (Wildman–Crippen LogP) is 0.0341. The highest BCUT2D eigenvalue weighted by Crippen LogP contribution is 2.28. The third-order valence-corrected chi connectivity index (χ3v) is 2.72. The predicted molar refractivity (Wildman–Crippen MR) is 68.6 cm³/mol. The molecule has 3 N–H and O–H groups in total. The summed E-state index contributed by atoms with van der Waals surface area (Å²) in [4.78, 5) is 0. The monoisotopic (exact) mass is 278 g/mol. The van der Waals surface area contributed by atoms with Gasteiger partial charge in [-0.15, -0.1) is 0 Å². The Bertz CT molecular complexity index is 273. The van der Waals surface area contributed by atoms with Gasteiger partial charge >= 0.3 is 0 Å². The Balaban J connectivity index is 2.80. The van der Waals surface area contributed by atoms with Crippen molar-refractivity contribution in [1.82, 2.24) is 0 Å². The van der Waals surface area contributed by atoms with Crippen LogP contribution in [0, 0.1) is 0 Å². The van der Waals surface area contributed by atoms with Crippen LogP contribution in [0.1, 0.15) is 34.6 Å². The molecule has 6 heteroatoms. The summed E-state index contributed by atoms with van der Waals surface area (Å²) in [6.45, 7) is 8.77. The van der Waals surface area contributed by atoms with Crippen molar-refractivity contribution in [2.45, 2.75) is 77.0 Å². The van der Waals surface area contributed by atoms with Gasteiger partial charge in [0.25, 0.3) is 0 Å². The highest BCUT2D eigenvalue weighted by Gasteiger charge is 2.47. The van der Waals surface area contributed by atoms with E-state index in [1.54, 1.807) is 13.8 Å². The van der Waals surface area contributed by atoms with Crippen molar-refractivity contribution in [2.75, 3.05) is 6.61 Å². The van der Waals surface area contributed by atoms with Gasteiger partial charge in [-0.25, -0.2) is 0 Å². The van der Waals surface area contributed by atoms with Gasteiger partial charge in [-0.2, -0.15) is 0 Å². The quantitative estimate of drug-likeness (QED) is 0.672. The fraction of sp³-hybridized carbons (Fsp3) is 1.00. The van der Waals surface area contributed by atoms with Crippen LogP contribution in [0.5, 0.6) is 0 Å². The van der Waals surface area contributed by atoms with Gasteiger partial charge in [0, 0.05) is 0 Å². The summed E-state index contributed by atoms with van der Waals surface area (Å²) in [7, 11) is 0. The van der Waals surface area contributed by atoms with E-state index in [1.165, 1.54) is 0 Å². The molecule has 1 aliphatic heterocycles. The summed E-state index contributed by atoms with van der Waals surface area (Å²) < 4.78 is 16.5. The van der Waals surface area contributed by atoms with Crippen molar-refractivity contribution < 1.29 is 29.5 Å². The number of hydrogen-bond donors (Lipinski definition) is 3. The fourth-order valence-electron chi connectivity index (χ4n) is 1.99. The van der Waals surface area contributed by atoms with Crippen LogP contribution in [0.2, 0.25) is 0 Å². The normalized spacial score (nSPS) is 36.8. The molecule has 0 aromatic rings. The molecule has 0 bridgehead atoms. The Morgan fingerprint density at radius 3 is 2.16 bits per heavy atom. The minimum atomic E-state index is -1.21. The van der Waals surface area contributed by atoms with E-state index in [9.17, 15) is 15.3 Å². The minimum Gasteiger partial charge on any atom is -0.394 e. The number of ether oxygens (including phenoxy) is 3. The molecule has 1 saturated heterocycles. The summed E-state index contributed by atoms with van der Waals surface area (Å²) in [5, 5.41) is 29.5. The van der Waals surface area contributed by atoms with Crippen molar-refractivity contribution in [3.63, 3.8) is 0 Å². The maximum atomic E-state index is 10.1. The largest absolute Gasteiger partial charge is 0.394 e. The molecule has 0 aliphatic carbocycles. The van der Waals surface area contributed by atoms with Gasteiger partial charge in [0.2, 0.25) is 0 Å². The van der Waals surface area contributed by atoms with Crippen LogP contribution >= 0.6 is 0 Å². The third kappa shape index (κ3) is 4.66. The second kappa shape index (κ2) is 6.47. The van der Waals surface area contributed by atoms with Crippen molar-refractivity contribution in [3.8, 4) is 0 Å². The summed E-state index contributed by atoms with van der Waals surface area (Å²) in [6.07, 6.45) is -5.04. The van der Waals surface area contributed by atoms with E-state index in [0.717, 1.165) is 0 Å². The van der Waals surface area contributed by atoms with Gasteiger partial charge in [-0.05, 0) is 34.6 Å². The lowest BCUT2D eigenvalue weighted by atomic mass is 9.98. The van der Waals surface area contributed by atoms with Gasteiger partial charge < -0.3 is 29.5 Å². The Morgan fingerprint density at radius 1 is 1.16 bits per heavy atom. The SMILES string of the molecule is CC(C)OC1OC(CO)C(OC(C)(C)C)C(O)C1O. The molecular formula is C13H26O6. The van der Waals surface area contributed by atoms with Crippen LogP contribution in [0.15, 0.2) is 0 Å². The van der Waals surface area contributed by atoms with E-state index >= 15 is 0 Å². The lowest BCUT2D eigenvalue weighted by molar-refractivity contribution is -0.323. The Hall–Kier alpha value is -0.240. The third-order valence-electron chi connectivity index (χ3n) is 2.72. The zero-order valence-electron chi connectivity index (χ0n) is 12.2. The van der Waals surface area contributed by atoms with Crippen LogP contribution in [0.4, 0.5) is 0 Å². The maximum Gasteiger partial charge on any atom is 0.186 e. The van der Waals surface area contributed by atoms with Crippen LogP contribution < -0.4 is 0 Å². The molecular weight excluding hydrogens is 252 g/mol. The first-order chi connectivity index (χ1) is 8.65. The Labute approximate surface area is 114 Å². The molecule has 1 aliphatic rings. The van der Waals surface area contributed by atoms with Crippen LogP contribution in [0.25, 0.3) is 0 Å². The van der Waals surface area contributed by atoms with Crippen molar-refractivity contribution in [3.05, 3.63) is 0 Å². The summed E-state index contributed by atoms with van der Waals surface area (Å²) in [5.74, 6) is 0. The maximum absolute atomic E-state index is 10.1. The number of hydrogen-bond acceptors (Lipinski definition) is 6. The van der Waals surface area contributed by atoms with Crippen molar-refractivity contribution in [1.29, 1.82) is 0 Å². The van der Waals surface area contributed by atoms with Crippen LogP contribution in [-0.4, -0.2) is 64.3 Å². The molecule has 19 heavy (non-hydrogen) atoms. The zero-order valence-corrected chi connectivity index (χ0v) is 12.2. The van der Waals surface area contributed by atoms with E-state index < -0.39 is 36.3 Å². The highest BCUT2D eigenvalue weighted by molar-refractivity contribution is 4.91. The second-order valence-corrected chi connectivity index (χ2v) is 6.09. The van der Waals surface area contributed by atoms with Gasteiger partial charge in [0.1, 0.15) is 24.4 Å². The molecule has 0 aromatic carbocycles. The lowest BCUT2D eigenvalue weighted by Crippen LogP contribution is -2.61. The van der Waals surface area contributed by atoms with E-state index in [1.807, 2.05) is 20.8 Å². The smallest absolute Gasteiger partial charge is 0.186 e. The topological polar surface area (TPSA) is 88.4 Å². The summed E-state index contributed by atoms with van der Waals surface area (Å²) >= 11 is 0. The minimum absolute atomic E-state index is 0.161. The van der Waals surface area contributed by atoms with E-state index in [2.05, 4.69) is 0 Å². The van der Waals surface area contributed by atoms with Crippen LogP contribution in [0.3, 0.4) is 0 Å². The fourth-order valence-corrected chi connectivity index (χ4v) is 1.99. The second-order valence-electron chi connectivity index (χ2n) is 6.09. The first-order valence-corrected chi connectivity index (χ1v) is 6.61.